The van der Waals surface area contributed by atoms with Gasteiger partial charge in [-0.1, -0.05) is 6.92 Å². The lowest BCUT2D eigenvalue weighted by atomic mass is 10.1. The minimum absolute atomic E-state index is 0.331. The van der Waals surface area contributed by atoms with E-state index in [0.717, 1.165) is 12.1 Å². The first-order valence-electron chi connectivity index (χ1n) is 4.12. The maximum atomic E-state index is 10.9. The van der Waals surface area contributed by atoms with E-state index in [0.29, 0.717) is 16.9 Å². The molecule has 0 radical (unpaired) electrons. The monoisotopic (exact) mass is 179 g/mol. The molecule has 1 amide bonds. The van der Waals surface area contributed by atoms with Crippen LogP contribution in [0.1, 0.15) is 28.7 Å². The average molecular weight is 179 g/mol. The molecule has 1 aromatic heterocycles. The number of nitrogen functional groups attached to an aromatic ring is 1. The smallest absolute Gasteiger partial charge is 0.252 e. The van der Waals surface area contributed by atoms with Gasteiger partial charge in [-0.15, -0.1) is 0 Å². The first-order chi connectivity index (χ1) is 6.06. The minimum atomic E-state index is -0.523. The van der Waals surface area contributed by atoms with Gasteiger partial charge in [0.05, 0.1) is 11.3 Å². The number of amides is 1. The highest BCUT2D eigenvalue weighted by atomic mass is 16.1. The SMILES string of the molecule is CCc1cc(N)c(C(N)=O)c(C)n1. The van der Waals surface area contributed by atoms with Gasteiger partial charge in [0.15, 0.2) is 0 Å². The number of carbonyl (C=O) groups excluding carboxylic acids is 1. The molecule has 0 aliphatic carbocycles. The number of nitrogens with zero attached hydrogens (tertiary/aromatic N) is 1. The number of hydrogen-bond donors (Lipinski definition) is 2. The molecule has 70 valence electrons. The average Bonchev–Trinajstić information content (AvgIpc) is 2.02. The summed E-state index contributed by atoms with van der Waals surface area (Å²) in [6, 6.07) is 1.69. The van der Waals surface area contributed by atoms with E-state index in [-0.39, 0.29) is 0 Å². The fraction of sp³-hybridized carbons (Fsp3) is 0.333. The fourth-order valence-electron chi connectivity index (χ4n) is 1.27. The largest absolute Gasteiger partial charge is 0.398 e. The normalized spacial score (nSPS) is 10.0. The van der Waals surface area contributed by atoms with E-state index < -0.39 is 5.91 Å². The van der Waals surface area contributed by atoms with E-state index in [9.17, 15) is 4.79 Å². The van der Waals surface area contributed by atoms with Crippen molar-refractivity contribution < 1.29 is 4.79 Å². The van der Waals surface area contributed by atoms with E-state index in [4.69, 9.17) is 11.5 Å². The van der Waals surface area contributed by atoms with Gasteiger partial charge in [0.1, 0.15) is 0 Å². The molecule has 4 nitrogen and oxygen atoms in total. The van der Waals surface area contributed by atoms with Gasteiger partial charge in [0, 0.05) is 11.4 Å². The molecule has 1 aromatic rings. The number of hydrogen-bond acceptors (Lipinski definition) is 3. The van der Waals surface area contributed by atoms with Crippen molar-refractivity contribution in [1.82, 2.24) is 4.98 Å². The summed E-state index contributed by atoms with van der Waals surface area (Å²) in [4.78, 5) is 15.1. The molecule has 0 bridgehead atoms. The predicted octanol–water partition coefficient (Wildman–Crippen LogP) is 0.634. The number of rotatable bonds is 2. The molecule has 13 heavy (non-hydrogen) atoms. The fourth-order valence-corrected chi connectivity index (χ4v) is 1.27. The summed E-state index contributed by atoms with van der Waals surface area (Å²) < 4.78 is 0. The van der Waals surface area contributed by atoms with Gasteiger partial charge >= 0.3 is 0 Å². The second kappa shape index (κ2) is 3.43. The third kappa shape index (κ3) is 1.77. The van der Waals surface area contributed by atoms with Crippen LogP contribution in [-0.4, -0.2) is 10.9 Å². The molecule has 0 aliphatic rings. The number of primary amides is 1. The third-order valence-electron chi connectivity index (χ3n) is 1.89. The molecule has 4 N–H and O–H groups in total. The summed E-state index contributed by atoms with van der Waals surface area (Å²) in [7, 11) is 0. The van der Waals surface area contributed by atoms with Crippen LogP contribution in [0.2, 0.25) is 0 Å². The Balaban J connectivity index is 3.31. The Kier molecular flexibility index (Phi) is 2.51. The van der Waals surface area contributed by atoms with Crippen LogP contribution < -0.4 is 11.5 Å². The number of carbonyl (C=O) groups is 1. The van der Waals surface area contributed by atoms with Crippen LogP contribution in [0.5, 0.6) is 0 Å². The quantitative estimate of drug-likeness (QED) is 0.698. The minimum Gasteiger partial charge on any atom is -0.398 e. The van der Waals surface area contributed by atoms with Crippen LogP contribution in [-0.2, 0) is 6.42 Å². The van der Waals surface area contributed by atoms with Crippen LogP contribution in [0.4, 0.5) is 5.69 Å². The number of aryl methyl sites for hydroxylation is 2. The van der Waals surface area contributed by atoms with Crippen molar-refractivity contribution in [2.75, 3.05) is 5.73 Å². The number of nitrogens with two attached hydrogens (primary N) is 2. The highest BCUT2D eigenvalue weighted by Crippen LogP contribution is 2.15. The number of aromatic nitrogens is 1. The Morgan fingerprint density at radius 2 is 2.23 bits per heavy atom. The van der Waals surface area contributed by atoms with Gasteiger partial charge in [0.25, 0.3) is 5.91 Å². The van der Waals surface area contributed by atoms with E-state index >= 15 is 0 Å². The first-order valence-corrected chi connectivity index (χ1v) is 4.12. The molecule has 0 unspecified atom stereocenters. The van der Waals surface area contributed by atoms with Crippen molar-refractivity contribution in [2.24, 2.45) is 5.73 Å². The predicted molar refractivity (Wildman–Crippen MR) is 51.3 cm³/mol. The van der Waals surface area contributed by atoms with Gasteiger partial charge < -0.3 is 11.5 Å². The van der Waals surface area contributed by atoms with E-state index in [2.05, 4.69) is 4.98 Å². The van der Waals surface area contributed by atoms with Crippen LogP contribution >= 0.6 is 0 Å². The van der Waals surface area contributed by atoms with E-state index in [1.165, 1.54) is 0 Å². The molecule has 0 atom stereocenters. The molecule has 0 fully saturated rings. The molecule has 4 heteroatoms. The summed E-state index contributed by atoms with van der Waals surface area (Å²) in [5, 5.41) is 0. The Bertz CT molecular complexity index is 324. The molecular formula is C9H13N3O. The molecule has 0 saturated carbocycles. The van der Waals surface area contributed by atoms with Gasteiger partial charge in [-0.05, 0) is 19.4 Å². The third-order valence-corrected chi connectivity index (χ3v) is 1.89. The van der Waals surface area contributed by atoms with Crippen molar-refractivity contribution in [3.05, 3.63) is 23.0 Å². The highest BCUT2D eigenvalue weighted by Gasteiger charge is 2.11. The van der Waals surface area contributed by atoms with E-state index in [1.807, 2.05) is 6.92 Å². The molecule has 0 saturated heterocycles. The summed E-state index contributed by atoms with van der Waals surface area (Å²) in [5.74, 6) is -0.523. The Labute approximate surface area is 77.0 Å². The second-order valence-electron chi connectivity index (χ2n) is 2.88. The zero-order valence-corrected chi connectivity index (χ0v) is 7.79. The summed E-state index contributed by atoms with van der Waals surface area (Å²) in [5.41, 5.74) is 13.0. The topological polar surface area (TPSA) is 82.0 Å². The molecular weight excluding hydrogens is 166 g/mol. The van der Waals surface area contributed by atoms with Crippen LogP contribution in [0, 0.1) is 6.92 Å². The van der Waals surface area contributed by atoms with Gasteiger partial charge in [-0.2, -0.15) is 0 Å². The lowest BCUT2D eigenvalue weighted by molar-refractivity contribution is 0.1000. The van der Waals surface area contributed by atoms with Crippen molar-refractivity contribution in [3.63, 3.8) is 0 Å². The maximum absolute atomic E-state index is 10.9. The van der Waals surface area contributed by atoms with E-state index in [1.54, 1.807) is 13.0 Å². The van der Waals surface area contributed by atoms with Crippen molar-refractivity contribution in [2.45, 2.75) is 20.3 Å². The molecule has 0 aromatic carbocycles. The zero-order valence-electron chi connectivity index (χ0n) is 7.79. The van der Waals surface area contributed by atoms with Crippen LogP contribution in [0.25, 0.3) is 0 Å². The Hall–Kier alpha value is -1.58. The summed E-state index contributed by atoms with van der Waals surface area (Å²) >= 11 is 0. The Morgan fingerprint density at radius 3 is 2.62 bits per heavy atom. The van der Waals surface area contributed by atoms with Gasteiger partial charge in [-0.25, -0.2) is 0 Å². The second-order valence-corrected chi connectivity index (χ2v) is 2.88. The summed E-state index contributed by atoms with van der Waals surface area (Å²) in [6.07, 6.45) is 0.796. The van der Waals surface area contributed by atoms with Crippen molar-refractivity contribution in [1.29, 1.82) is 0 Å². The van der Waals surface area contributed by atoms with Crippen LogP contribution in [0.3, 0.4) is 0 Å². The molecule has 0 aliphatic heterocycles. The van der Waals surface area contributed by atoms with Crippen molar-refractivity contribution in [3.8, 4) is 0 Å². The summed E-state index contributed by atoms with van der Waals surface area (Å²) in [6.45, 7) is 3.71. The molecule has 0 spiro atoms. The van der Waals surface area contributed by atoms with Crippen LogP contribution in [0.15, 0.2) is 6.07 Å². The lowest BCUT2D eigenvalue weighted by Gasteiger charge is -2.06. The molecule has 1 heterocycles. The molecule has 1 rings (SSSR count). The first kappa shape index (κ1) is 9.51. The maximum Gasteiger partial charge on any atom is 0.252 e. The number of anilines is 1. The lowest BCUT2D eigenvalue weighted by Crippen LogP contribution is -2.16. The van der Waals surface area contributed by atoms with Crippen molar-refractivity contribution >= 4 is 11.6 Å². The van der Waals surface area contributed by atoms with Gasteiger partial charge in [-0.3, -0.25) is 9.78 Å². The Morgan fingerprint density at radius 1 is 1.62 bits per heavy atom. The standard InChI is InChI=1S/C9H13N3O/c1-3-6-4-7(10)8(9(11)13)5(2)12-6/h4H,3H2,1-2H3,(H2,10,12)(H2,11,13). The van der Waals surface area contributed by atoms with Gasteiger partial charge in [0.2, 0.25) is 0 Å². The highest BCUT2D eigenvalue weighted by molar-refractivity contribution is 5.98. The zero-order chi connectivity index (χ0) is 10.0. The number of pyridine rings is 1.